The minimum Gasteiger partial charge on any atom is -0.352 e. The van der Waals surface area contributed by atoms with Crippen LogP contribution >= 0.6 is 0 Å². The highest BCUT2D eigenvalue weighted by Gasteiger charge is 2.22. The lowest BCUT2D eigenvalue weighted by Gasteiger charge is -2.36. The highest BCUT2D eigenvalue weighted by atomic mass is 19.1. The average Bonchev–Trinajstić information content (AvgIpc) is 3.15. The topological polar surface area (TPSA) is 75.9 Å². The number of hydrogen-bond donors (Lipinski definition) is 0. The molecule has 8 nitrogen and oxygen atoms in total. The molecule has 3 aromatic heterocycles. The number of benzene rings is 1. The highest BCUT2D eigenvalue weighted by molar-refractivity contribution is 5.87. The number of anilines is 2. The summed E-state index contributed by atoms with van der Waals surface area (Å²) in [6.07, 6.45) is 1.83. The predicted octanol–water partition coefficient (Wildman–Crippen LogP) is 2.59. The van der Waals surface area contributed by atoms with Crippen molar-refractivity contribution in [2.75, 3.05) is 36.0 Å². The highest BCUT2D eigenvalue weighted by Crippen LogP contribution is 2.26. The van der Waals surface area contributed by atoms with Crippen molar-refractivity contribution in [2.45, 2.75) is 6.92 Å². The van der Waals surface area contributed by atoms with Crippen LogP contribution in [0.5, 0.6) is 0 Å². The molecule has 0 amide bonds. The smallest absolute Gasteiger partial charge is 0.163 e. The first kappa shape index (κ1) is 18.4. The van der Waals surface area contributed by atoms with E-state index in [4.69, 9.17) is 0 Å². The molecule has 1 aliphatic rings. The summed E-state index contributed by atoms with van der Waals surface area (Å²) in [6.45, 7) is 5.18. The van der Waals surface area contributed by atoms with E-state index in [2.05, 4.69) is 35.1 Å². The van der Waals surface area contributed by atoms with E-state index in [-0.39, 0.29) is 5.82 Å². The summed E-state index contributed by atoms with van der Waals surface area (Å²) in [7, 11) is 1.89. The second-order valence-electron chi connectivity index (χ2n) is 7.36. The lowest BCUT2D eigenvalue weighted by molar-refractivity contribution is 0.628. The van der Waals surface area contributed by atoms with E-state index in [1.165, 1.54) is 12.1 Å². The molecule has 0 aliphatic carbocycles. The van der Waals surface area contributed by atoms with Crippen LogP contribution in [0.4, 0.5) is 16.0 Å². The number of fused-ring (bicyclic) bond motifs is 1. The fourth-order valence-electron chi connectivity index (χ4n) is 3.77. The van der Waals surface area contributed by atoms with Crippen LogP contribution in [0.15, 0.2) is 42.6 Å². The third-order valence-corrected chi connectivity index (χ3v) is 5.38. The molecule has 0 bridgehead atoms. The van der Waals surface area contributed by atoms with Crippen molar-refractivity contribution in [3.8, 4) is 11.3 Å². The van der Waals surface area contributed by atoms with Crippen LogP contribution in [0.25, 0.3) is 22.3 Å². The molecule has 1 aromatic carbocycles. The summed E-state index contributed by atoms with van der Waals surface area (Å²) in [5.74, 6) is 2.25. The van der Waals surface area contributed by atoms with Gasteiger partial charge in [0.05, 0.1) is 17.3 Å². The number of piperazine rings is 1. The molecule has 152 valence electrons. The molecule has 9 heteroatoms. The molecular weight excluding hydrogens is 383 g/mol. The molecule has 1 fully saturated rings. The van der Waals surface area contributed by atoms with Crippen LogP contribution in [0, 0.1) is 12.7 Å². The summed E-state index contributed by atoms with van der Waals surface area (Å²) in [5, 5.41) is 14.0. The van der Waals surface area contributed by atoms with Crippen LogP contribution in [0.2, 0.25) is 0 Å². The van der Waals surface area contributed by atoms with Gasteiger partial charge in [0.1, 0.15) is 17.5 Å². The standard InChI is InChI=1S/C21H21FN8/c1-14-24-20-17(13-23-28(20)2)21(25-14)30-11-9-29(10-12-30)19-8-7-18(26-27-19)15-3-5-16(22)6-4-15/h3-8,13H,9-12H2,1-2H3. The summed E-state index contributed by atoms with van der Waals surface area (Å²) >= 11 is 0. The van der Waals surface area contributed by atoms with E-state index >= 15 is 0 Å². The van der Waals surface area contributed by atoms with Gasteiger partial charge in [-0.1, -0.05) is 0 Å². The molecule has 5 rings (SSSR count). The first-order valence-electron chi connectivity index (χ1n) is 9.84. The molecule has 0 N–H and O–H groups in total. The van der Waals surface area contributed by atoms with Gasteiger partial charge in [0.2, 0.25) is 0 Å². The number of aryl methyl sites for hydroxylation is 2. The summed E-state index contributed by atoms with van der Waals surface area (Å²) in [5.41, 5.74) is 2.43. The van der Waals surface area contributed by atoms with Crippen molar-refractivity contribution in [1.82, 2.24) is 29.9 Å². The van der Waals surface area contributed by atoms with Gasteiger partial charge < -0.3 is 9.80 Å². The minimum atomic E-state index is -0.261. The molecule has 0 radical (unpaired) electrons. The Morgan fingerprint density at radius 1 is 0.867 bits per heavy atom. The average molecular weight is 404 g/mol. The number of nitrogens with zero attached hydrogens (tertiary/aromatic N) is 8. The molecule has 0 atom stereocenters. The molecule has 30 heavy (non-hydrogen) atoms. The van der Waals surface area contributed by atoms with Gasteiger partial charge in [0, 0.05) is 38.8 Å². The second kappa shape index (κ2) is 7.33. The van der Waals surface area contributed by atoms with Crippen LogP contribution in [-0.2, 0) is 7.05 Å². The Morgan fingerprint density at radius 3 is 2.30 bits per heavy atom. The van der Waals surface area contributed by atoms with E-state index in [0.717, 1.165) is 65.9 Å². The lowest BCUT2D eigenvalue weighted by atomic mass is 10.1. The third kappa shape index (κ3) is 3.32. The molecule has 0 saturated carbocycles. The van der Waals surface area contributed by atoms with E-state index in [1.54, 1.807) is 16.8 Å². The third-order valence-electron chi connectivity index (χ3n) is 5.38. The molecule has 0 spiro atoms. The largest absolute Gasteiger partial charge is 0.352 e. The normalized spacial score (nSPS) is 14.5. The van der Waals surface area contributed by atoms with E-state index in [9.17, 15) is 4.39 Å². The number of halogens is 1. The van der Waals surface area contributed by atoms with Gasteiger partial charge in [-0.05, 0) is 43.3 Å². The van der Waals surface area contributed by atoms with Gasteiger partial charge in [-0.15, -0.1) is 10.2 Å². The van der Waals surface area contributed by atoms with Gasteiger partial charge in [-0.25, -0.2) is 14.4 Å². The van der Waals surface area contributed by atoms with E-state index in [1.807, 2.05) is 32.3 Å². The lowest BCUT2D eigenvalue weighted by Crippen LogP contribution is -2.47. The van der Waals surface area contributed by atoms with Crippen molar-refractivity contribution < 1.29 is 4.39 Å². The first-order valence-corrected chi connectivity index (χ1v) is 9.84. The number of aromatic nitrogens is 6. The number of hydrogen-bond acceptors (Lipinski definition) is 7. The van der Waals surface area contributed by atoms with Gasteiger partial charge >= 0.3 is 0 Å². The maximum atomic E-state index is 13.1. The van der Waals surface area contributed by atoms with Gasteiger partial charge in [0.25, 0.3) is 0 Å². The predicted molar refractivity (Wildman–Crippen MR) is 113 cm³/mol. The van der Waals surface area contributed by atoms with Crippen molar-refractivity contribution in [3.63, 3.8) is 0 Å². The Labute approximate surface area is 173 Å². The summed E-state index contributed by atoms with van der Waals surface area (Å²) in [4.78, 5) is 13.7. The van der Waals surface area contributed by atoms with Crippen molar-refractivity contribution >= 4 is 22.7 Å². The van der Waals surface area contributed by atoms with Crippen molar-refractivity contribution in [2.24, 2.45) is 7.05 Å². The van der Waals surface area contributed by atoms with Crippen LogP contribution in [0.3, 0.4) is 0 Å². The molecule has 1 aliphatic heterocycles. The van der Waals surface area contributed by atoms with Crippen LogP contribution < -0.4 is 9.80 Å². The van der Waals surface area contributed by atoms with Crippen molar-refractivity contribution in [1.29, 1.82) is 0 Å². The van der Waals surface area contributed by atoms with Crippen molar-refractivity contribution in [3.05, 3.63) is 54.2 Å². The minimum absolute atomic E-state index is 0.261. The Hall–Kier alpha value is -3.62. The zero-order valence-corrected chi connectivity index (χ0v) is 16.8. The van der Waals surface area contributed by atoms with Gasteiger partial charge in [-0.2, -0.15) is 5.10 Å². The van der Waals surface area contributed by atoms with E-state index < -0.39 is 0 Å². The fourth-order valence-corrected chi connectivity index (χ4v) is 3.77. The van der Waals surface area contributed by atoms with E-state index in [0.29, 0.717) is 0 Å². The summed E-state index contributed by atoms with van der Waals surface area (Å²) in [6, 6.07) is 10.2. The maximum Gasteiger partial charge on any atom is 0.163 e. The van der Waals surface area contributed by atoms with Gasteiger partial charge in [-0.3, -0.25) is 4.68 Å². The number of rotatable bonds is 3. The SMILES string of the molecule is Cc1nc(N2CCN(c3ccc(-c4ccc(F)cc4)nn3)CC2)c2cnn(C)c2n1. The Morgan fingerprint density at radius 2 is 1.60 bits per heavy atom. The molecular formula is C21H21FN8. The quantitative estimate of drug-likeness (QED) is 0.519. The second-order valence-corrected chi connectivity index (χ2v) is 7.36. The molecule has 0 unspecified atom stereocenters. The molecule has 4 aromatic rings. The Kier molecular flexibility index (Phi) is 4.50. The molecule has 1 saturated heterocycles. The zero-order valence-electron chi connectivity index (χ0n) is 16.8. The first-order chi connectivity index (χ1) is 14.6. The van der Waals surface area contributed by atoms with Crippen LogP contribution in [0.1, 0.15) is 5.82 Å². The molecule has 4 heterocycles. The fraction of sp³-hybridized carbons (Fsp3) is 0.286. The van der Waals surface area contributed by atoms with Crippen LogP contribution in [-0.4, -0.2) is 56.1 Å². The maximum absolute atomic E-state index is 13.1. The Bertz CT molecular complexity index is 1180. The summed E-state index contributed by atoms with van der Waals surface area (Å²) < 4.78 is 14.9. The zero-order chi connectivity index (χ0) is 20.7. The monoisotopic (exact) mass is 404 g/mol. The Balaban J connectivity index is 1.31. The van der Waals surface area contributed by atoms with Gasteiger partial charge in [0.15, 0.2) is 11.5 Å².